The molecule has 24 heavy (non-hydrogen) atoms. The van der Waals surface area contributed by atoms with Gasteiger partial charge in [-0.1, -0.05) is 0 Å². The van der Waals surface area contributed by atoms with E-state index in [9.17, 15) is 4.79 Å². The van der Waals surface area contributed by atoms with Crippen molar-refractivity contribution >= 4 is 17.2 Å². The van der Waals surface area contributed by atoms with Gasteiger partial charge in [-0.25, -0.2) is 4.98 Å². The summed E-state index contributed by atoms with van der Waals surface area (Å²) in [4.78, 5) is 23.9. The average Bonchev–Trinajstić information content (AvgIpc) is 3.18. The average molecular weight is 345 g/mol. The summed E-state index contributed by atoms with van der Waals surface area (Å²) in [6.07, 6.45) is 2.19. The minimum absolute atomic E-state index is 0.00310. The second-order valence-electron chi connectivity index (χ2n) is 6.29. The van der Waals surface area contributed by atoms with Gasteiger partial charge < -0.3 is 9.64 Å². The maximum atomic E-state index is 13.1. The van der Waals surface area contributed by atoms with Crippen molar-refractivity contribution in [2.45, 2.75) is 46.3 Å². The number of hydrogen-bond donors (Lipinski definition) is 0. The lowest BCUT2D eigenvalue weighted by Crippen LogP contribution is -2.37. The number of aryl methyl sites for hydroxylation is 3. The van der Waals surface area contributed by atoms with Crippen LogP contribution in [0.25, 0.3) is 0 Å². The Morgan fingerprint density at radius 3 is 2.75 bits per heavy atom. The number of aromatic nitrogens is 2. The van der Waals surface area contributed by atoms with Crippen LogP contribution >= 0.6 is 11.3 Å². The molecule has 1 fully saturated rings. The number of hydrogen-bond acceptors (Lipinski definition) is 5. The SMILES string of the molecule is Cc1csc(CN(C[C@H]2CCCO2)C(=O)c2ccc(C)nc2C)n1. The summed E-state index contributed by atoms with van der Waals surface area (Å²) < 4.78 is 5.74. The first-order valence-electron chi connectivity index (χ1n) is 8.29. The Labute approximate surface area is 146 Å². The Bertz CT molecular complexity index is 723. The van der Waals surface area contributed by atoms with Crippen LogP contribution in [-0.2, 0) is 11.3 Å². The van der Waals surface area contributed by atoms with Crippen molar-refractivity contribution in [3.8, 4) is 0 Å². The van der Waals surface area contributed by atoms with E-state index in [1.54, 1.807) is 11.3 Å². The molecular weight excluding hydrogens is 322 g/mol. The van der Waals surface area contributed by atoms with Crippen LogP contribution in [0, 0.1) is 20.8 Å². The Kier molecular flexibility index (Phi) is 5.26. The van der Waals surface area contributed by atoms with Gasteiger partial charge in [0, 0.05) is 29.9 Å². The molecule has 0 saturated carbocycles. The first kappa shape index (κ1) is 17.0. The number of rotatable bonds is 5. The van der Waals surface area contributed by atoms with Crippen molar-refractivity contribution < 1.29 is 9.53 Å². The summed E-state index contributed by atoms with van der Waals surface area (Å²) in [5, 5.41) is 2.97. The van der Waals surface area contributed by atoms with Crippen molar-refractivity contribution in [3.63, 3.8) is 0 Å². The molecule has 3 rings (SSSR count). The Morgan fingerprint density at radius 2 is 2.12 bits per heavy atom. The van der Waals surface area contributed by atoms with Crippen LogP contribution in [0.5, 0.6) is 0 Å². The van der Waals surface area contributed by atoms with Gasteiger partial charge in [-0.15, -0.1) is 11.3 Å². The van der Waals surface area contributed by atoms with Crippen LogP contribution in [0.1, 0.15) is 45.3 Å². The van der Waals surface area contributed by atoms with Crippen molar-refractivity contribution in [3.05, 3.63) is 45.2 Å². The number of pyridine rings is 1. The van der Waals surface area contributed by atoms with E-state index in [2.05, 4.69) is 9.97 Å². The number of carbonyl (C=O) groups is 1. The number of amides is 1. The molecule has 2 aromatic heterocycles. The molecule has 1 atom stereocenters. The molecule has 0 bridgehead atoms. The zero-order chi connectivity index (χ0) is 17.1. The van der Waals surface area contributed by atoms with Gasteiger partial charge in [0.05, 0.1) is 23.9 Å². The standard InChI is InChI=1S/C18H23N3O2S/c1-12-6-7-16(14(3)19-12)18(22)21(9-15-5-4-8-23-15)10-17-20-13(2)11-24-17/h6-7,11,15H,4-5,8-10H2,1-3H3/t15-/m1/s1. The van der Waals surface area contributed by atoms with E-state index in [-0.39, 0.29) is 12.0 Å². The topological polar surface area (TPSA) is 55.3 Å². The smallest absolute Gasteiger partial charge is 0.256 e. The normalized spacial score (nSPS) is 17.2. The number of nitrogens with zero attached hydrogens (tertiary/aromatic N) is 3. The van der Waals surface area contributed by atoms with E-state index in [0.717, 1.165) is 41.5 Å². The molecule has 0 spiro atoms. The van der Waals surface area contributed by atoms with Crippen molar-refractivity contribution in [2.75, 3.05) is 13.2 Å². The van der Waals surface area contributed by atoms with Gasteiger partial charge in [0.1, 0.15) is 5.01 Å². The molecule has 1 aliphatic heterocycles. The Morgan fingerprint density at radius 1 is 1.29 bits per heavy atom. The molecule has 0 N–H and O–H groups in total. The summed E-state index contributed by atoms with van der Waals surface area (Å²) in [5.74, 6) is 0.00310. The second-order valence-corrected chi connectivity index (χ2v) is 7.23. The van der Waals surface area contributed by atoms with E-state index in [1.807, 2.05) is 43.2 Å². The molecule has 0 aliphatic carbocycles. The third-order valence-electron chi connectivity index (χ3n) is 4.18. The number of ether oxygens (including phenoxy) is 1. The zero-order valence-corrected chi connectivity index (χ0v) is 15.2. The lowest BCUT2D eigenvalue weighted by Gasteiger charge is -2.25. The van der Waals surface area contributed by atoms with E-state index in [1.165, 1.54) is 0 Å². The van der Waals surface area contributed by atoms with Gasteiger partial charge in [-0.05, 0) is 45.7 Å². The number of carbonyl (C=O) groups excluding carboxylic acids is 1. The molecule has 0 radical (unpaired) electrons. The molecule has 6 heteroatoms. The van der Waals surface area contributed by atoms with Crippen molar-refractivity contribution in [1.82, 2.24) is 14.9 Å². The third kappa shape index (κ3) is 3.99. The molecule has 0 aromatic carbocycles. The molecule has 1 amide bonds. The van der Waals surface area contributed by atoms with Gasteiger partial charge in [-0.3, -0.25) is 9.78 Å². The van der Waals surface area contributed by atoms with Crippen LogP contribution in [0.2, 0.25) is 0 Å². The minimum atomic E-state index is 0.00310. The molecule has 0 unspecified atom stereocenters. The molecular formula is C18H23N3O2S. The molecule has 5 nitrogen and oxygen atoms in total. The largest absolute Gasteiger partial charge is 0.376 e. The maximum absolute atomic E-state index is 13.1. The summed E-state index contributed by atoms with van der Waals surface area (Å²) in [6.45, 7) is 7.70. The minimum Gasteiger partial charge on any atom is -0.376 e. The van der Waals surface area contributed by atoms with Crippen LogP contribution in [0.3, 0.4) is 0 Å². The van der Waals surface area contributed by atoms with Crippen molar-refractivity contribution in [2.24, 2.45) is 0 Å². The fourth-order valence-electron chi connectivity index (χ4n) is 2.97. The predicted molar refractivity (Wildman–Crippen MR) is 94.3 cm³/mol. The third-order valence-corrected chi connectivity index (χ3v) is 5.13. The summed E-state index contributed by atoms with van der Waals surface area (Å²) in [7, 11) is 0. The van der Waals surface area contributed by atoms with Crippen LogP contribution in [0.15, 0.2) is 17.5 Å². The predicted octanol–water partition coefficient (Wildman–Crippen LogP) is 3.28. The summed E-state index contributed by atoms with van der Waals surface area (Å²) >= 11 is 1.59. The summed E-state index contributed by atoms with van der Waals surface area (Å²) in [5.41, 5.74) is 3.34. The molecule has 1 saturated heterocycles. The summed E-state index contributed by atoms with van der Waals surface area (Å²) in [6, 6.07) is 3.76. The molecule has 3 heterocycles. The van der Waals surface area contributed by atoms with Crippen LogP contribution < -0.4 is 0 Å². The van der Waals surface area contributed by atoms with E-state index >= 15 is 0 Å². The highest BCUT2D eigenvalue weighted by Gasteiger charge is 2.25. The Hall–Kier alpha value is -1.79. The molecule has 2 aromatic rings. The van der Waals surface area contributed by atoms with Gasteiger partial charge in [-0.2, -0.15) is 0 Å². The highest BCUT2D eigenvalue weighted by Crippen LogP contribution is 2.20. The Balaban J connectivity index is 1.82. The van der Waals surface area contributed by atoms with E-state index in [4.69, 9.17) is 4.74 Å². The van der Waals surface area contributed by atoms with Gasteiger partial charge in [0.15, 0.2) is 0 Å². The highest BCUT2D eigenvalue weighted by atomic mass is 32.1. The van der Waals surface area contributed by atoms with Crippen LogP contribution in [0.4, 0.5) is 0 Å². The lowest BCUT2D eigenvalue weighted by atomic mass is 10.1. The maximum Gasteiger partial charge on any atom is 0.256 e. The monoisotopic (exact) mass is 345 g/mol. The first-order valence-corrected chi connectivity index (χ1v) is 9.17. The van der Waals surface area contributed by atoms with E-state index < -0.39 is 0 Å². The van der Waals surface area contributed by atoms with Gasteiger partial charge in [0.25, 0.3) is 5.91 Å². The fourth-order valence-corrected chi connectivity index (χ4v) is 3.76. The zero-order valence-electron chi connectivity index (χ0n) is 14.4. The molecule has 128 valence electrons. The second kappa shape index (κ2) is 7.40. The highest BCUT2D eigenvalue weighted by molar-refractivity contribution is 7.09. The molecule has 1 aliphatic rings. The fraction of sp³-hybridized carbons (Fsp3) is 0.500. The number of thiazole rings is 1. The van der Waals surface area contributed by atoms with Crippen LogP contribution in [-0.4, -0.2) is 40.0 Å². The van der Waals surface area contributed by atoms with E-state index in [0.29, 0.717) is 18.7 Å². The quantitative estimate of drug-likeness (QED) is 0.834. The van der Waals surface area contributed by atoms with Gasteiger partial charge >= 0.3 is 0 Å². The van der Waals surface area contributed by atoms with Crippen molar-refractivity contribution in [1.29, 1.82) is 0 Å². The van der Waals surface area contributed by atoms with Gasteiger partial charge in [0.2, 0.25) is 0 Å². The first-order chi connectivity index (χ1) is 11.5. The lowest BCUT2D eigenvalue weighted by molar-refractivity contribution is 0.0506.